The molecular weight excluding hydrogens is 120 g/mol. The first kappa shape index (κ1) is 8.88. The molecule has 1 unspecified atom stereocenters. The topological polar surface area (TPSA) is 60.7 Å². The third-order valence-electron chi connectivity index (χ3n) is 1.19. The van der Waals surface area contributed by atoms with Gasteiger partial charge in [0, 0.05) is 6.42 Å². The van der Waals surface area contributed by atoms with Crippen LogP contribution >= 0.6 is 0 Å². The molecule has 0 rings (SSSR count). The van der Waals surface area contributed by atoms with E-state index < -0.39 is 11.9 Å². The van der Waals surface area contributed by atoms with Gasteiger partial charge in [0.05, 0.1) is 6.10 Å². The molecule has 0 amide bonds. The molecule has 0 aromatic carbocycles. The lowest BCUT2D eigenvalue weighted by molar-refractivity contribution is -0.180. The summed E-state index contributed by atoms with van der Waals surface area (Å²) in [5.74, 6) is -1.69. The van der Waals surface area contributed by atoms with Crippen LogP contribution in [0.4, 0.5) is 0 Å². The van der Waals surface area contributed by atoms with Gasteiger partial charge < -0.3 is 15.3 Å². The van der Waals surface area contributed by atoms with Gasteiger partial charge in [0.15, 0.2) is 5.79 Å². The molecule has 3 heteroatoms. The quantitative estimate of drug-likeness (QED) is 0.470. The molecule has 0 heterocycles. The monoisotopic (exact) mass is 134 g/mol. The van der Waals surface area contributed by atoms with Gasteiger partial charge in [-0.2, -0.15) is 0 Å². The van der Waals surface area contributed by atoms with Crippen molar-refractivity contribution in [2.45, 2.75) is 38.6 Å². The normalized spacial score (nSPS) is 15.7. The highest BCUT2D eigenvalue weighted by molar-refractivity contribution is 4.64. The molecule has 0 aliphatic rings. The van der Waals surface area contributed by atoms with Crippen LogP contribution in [0.1, 0.15) is 26.7 Å². The van der Waals surface area contributed by atoms with Crippen LogP contribution in [-0.2, 0) is 0 Å². The molecule has 0 aromatic rings. The zero-order chi connectivity index (χ0) is 7.49. The van der Waals surface area contributed by atoms with Crippen LogP contribution < -0.4 is 0 Å². The van der Waals surface area contributed by atoms with Gasteiger partial charge in [-0.1, -0.05) is 6.92 Å². The van der Waals surface area contributed by atoms with Gasteiger partial charge >= 0.3 is 0 Å². The van der Waals surface area contributed by atoms with Crippen LogP contribution in [0.25, 0.3) is 0 Å². The van der Waals surface area contributed by atoms with Crippen LogP contribution in [0.15, 0.2) is 0 Å². The fourth-order valence-corrected chi connectivity index (χ4v) is 0.617. The van der Waals surface area contributed by atoms with E-state index in [9.17, 15) is 0 Å². The summed E-state index contributed by atoms with van der Waals surface area (Å²) >= 11 is 0. The summed E-state index contributed by atoms with van der Waals surface area (Å²) in [5, 5.41) is 26.5. The van der Waals surface area contributed by atoms with Crippen LogP contribution in [0.2, 0.25) is 0 Å². The van der Waals surface area contributed by atoms with Crippen LogP contribution in [0.3, 0.4) is 0 Å². The molecule has 3 nitrogen and oxygen atoms in total. The average Bonchev–Trinajstić information content (AvgIpc) is 1.63. The van der Waals surface area contributed by atoms with Gasteiger partial charge in [-0.3, -0.25) is 0 Å². The standard InChI is InChI=1S/C6H14O3/c1-3-6(8,9)4-5(2)7/h5,7-9H,3-4H2,1-2H3. The SMILES string of the molecule is CCC(O)(O)CC(C)O. The van der Waals surface area contributed by atoms with Crippen molar-refractivity contribution < 1.29 is 15.3 Å². The summed E-state index contributed by atoms with van der Waals surface area (Å²) in [6.45, 7) is 3.18. The number of aliphatic hydroxyl groups is 3. The third-order valence-corrected chi connectivity index (χ3v) is 1.19. The Morgan fingerprint density at radius 1 is 1.44 bits per heavy atom. The van der Waals surface area contributed by atoms with Gasteiger partial charge in [0.2, 0.25) is 0 Å². The lowest BCUT2D eigenvalue weighted by atomic mass is 10.1. The Morgan fingerprint density at radius 2 is 1.89 bits per heavy atom. The maximum absolute atomic E-state index is 8.89. The minimum atomic E-state index is -1.69. The van der Waals surface area contributed by atoms with E-state index in [1.165, 1.54) is 6.92 Å². The fourth-order valence-electron chi connectivity index (χ4n) is 0.617. The minimum absolute atomic E-state index is 0.0174. The van der Waals surface area contributed by atoms with Crippen molar-refractivity contribution in [2.24, 2.45) is 0 Å². The Bertz CT molecular complexity index is 78.4. The molecule has 0 bridgehead atoms. The van der Waals surface area contributed by atoms with E-state index in [-0.39, 0.29) is 12.8 Å². The molecule has 0 radical (unpaired) electrons. The second-order valence-corrected chi connectivity index (χ2v) is 2.39. The number of hydrogen-bond donors (Lipinski definition) is 3. The molecule has 3 N–H and O–H groups in total. The maximum Gasteiger partial charge on any atom is 0.164 e. The van der Waals surface area contributed by atoms with Gasteiger partial charge in [-0.05, 0) is 13.3 Å². The summed E-state index contributed by atoms with van der Waals surface area (Å²) in [7, 11) is 0. The number of rotatable bonds is 3. The fraction of sp³-hybridized carbons (Fsp3) is 1.00. The van der Waals surface area contributed by atoms with Crippen molar-refractivity contribution in [3.8, 4) is 0 Å². The average molecular weight is 134 g/mol. The molecule has 56 valence electrons. The van der Waals surface area contributed by atoms with Crippen molar-refractivity contribution in [1.82, 2.24) is 0 Å². The molecule has 1 atom stereocenters. The van der Waals surface area contributed by atoms with Gasteiger partial charge in [0.25, 0.3) is 0 Å². The highest BCUT2D eigenvalue weighted by Gasteiger charge is 2.21. The second-order valence-electron chi connectivity index (χ2n) is 2.39. The largest absolute Gasteiger partial charge is 0.393 e. The summed E-state index contributed by atoms with van der Waals surface area (Å²) < 4.78 is 0. The highest BCUT2D eigenvalue weighted by atomic mass is 16.5. The number of hydrogen-bond acceptors (Lipinski definition) is 3. The third kappa shape index (κ3) is 4.39. The summed E-state index contributed by atoms with van der Waals surface area (Å²) in [6.07, 6.45) is -0.388. The Labute approximate surface area is 54.9 Å². The molecule has 0 saturated carbocycles. The van der Waals surface area contributed by atoms with Crippen LogP contribution in [-0.4, -0.2) is 27.2 Å². The van der Waals surface area contributed by atoms with Gasteiger partial charge in [-0.15, -0.1) is 0 Å². The molecule has 0 aromatic heterocycles. The Morgan fingerprint density at radius 3 is 2.00 bits per heavy atom. The van der Waals surface area contributed by atoms with Crippen LogP contribution in [0.5, 0.6) is 0 Å². The Kier molecular flexibility index (Phi) is 3.11. The summed E-state index contributed by atoms with van der Waals surface area (Å²) in [6, 6.07) is 0. The lowest BCUT2D eigenvalue weighted by Crippen LogP contribution is -2.30. The molecule has 0 aliphatic carbocycles. The first-order chi connectivity index (χ1) is 3.98. The minimum Gasteiger partial charge on any atom is -0.393 e. The van der Waals surface area contributed by atoms with Crippen molar-refractivity contribution in [3.05, 3.63) is 0 Å². The van der Waals surface area contributed by atoms with E-state index >= 15 is 0 Å². The molecular formula is C6H14O3. The van der Waals surface area contributed by atoms with E-state index in [1.807, 2.05) is 0 Å². The van der Waals surface area contributed by atoms with E-state index in [0.29, 0.717) is 0 Å². The van der Waals surface area contributed by atoms with Crippen molar-refractivity contribution in [3.63, 3.8) is 0 Å². The van der Waals surface area contributed by atoms with E-state index in [2.05, 4.69) is 0 Å². The van der Waals surface area contributed by atoms with E-state index in [0.717, 1.165) is 0 Å². The predicted octanol–water partition coefficient (Wildman–Crippen LogP) is -0.152. The smallest absolute Gasteiger partial charge is 0.164 e. The first-order valence-electron chi connectivity index (χ1n) is 3.11. The second kappa shape index (κ2) is 3.15. The lowest BCUT2D eigenvalue weighted by Gasteiger charge is -2.20. The zero-order valence-electron chi connectivity index (χ0n) is 5.83. The summed E-state index contributed by atoms with van der Waals surface area (Å²) in [4.78, 5) is 0. The highest BCUT2D eigenvalue weighted by Crippen LogP contribution is 2.12. The molecule has 9 heavy (non-hydrogen) atoms. The van der Waals surface area contributed by atoms with E-state index in [1.54, 1.807) is 6.92 Å². The number of aliphatic hydroxyl groups excluding tert-OH is 1. The molecule has 0 aliphatic heterocycles. The van der Waals surface area contributed by atoms with E-state index in [4.69, 9.17) is 15.3 Å². The molecule has 0 fully saturated rings. The van der Waals surface area contributed by atoms with Crippen molar-refractivity contribution in [1.29, 1.82) is 0 Å². The molecule has 0 spiro atoms. The van der Waals surface area contributed by atoms with Crippen molar-refractivity contribution >= 4 is 0 Å². The Balaban J connectivity index is 3.58. The van der Waals surface area contributed by atoms with Gasteiger partial charge in [-0.25, -0.2) is 0 Å². The molecule has 0 saturated heterocycles. The van der Waals surface area contributed by atoms with Crippen molar-refractivity contribution in [2.75, 3.05) is 0 Å². The Hall–Kier alpha value is -0.120. The zero-order valence-corrected chi connectivity index (χ0v) is 5.83. The maximum atomic E-state index is 8.89. The van der Waals surface area contributed by atoms with Crippen LogP contribution in [0, 0.1) is 0 Å². The first-order valence-corrected chi connectivity index (χ1v) is 3.11. The predicted molar refractivity (Wildman–Crippen MR) is 33.8 cm³/mol. The van der Waals surface area contributed by atoms with Gasteiger partial charge in [0.1, 0.15) is 0 Å². The summed E-state index contributed by atoms with van der Waals surface area (Å²) in [5.41, 5.74) is 0.